The fourth-order valence-electron chi connectivity index (χ4n) is 1.55. The van der Waals surface area contributed by atoms with Crippen molar-refractivity contribution in [3.8, 4) is 0 Å². The van der Waals surface area contributed by atoms with E-state index in [-0.39, 0.29) is 12.1 Å². The van der Waals surface area contributed by atoms with E-state index in [9.17, 15) is 9.59 Å². The molecule has 2 aromatic rings. The lowest BCUT2D eigenvalue weighted by Crippen LogP contribution is -2.42. The predicted molar refractivity (Wildman–Crippen MR) is 68.9 cm³/mol. The SMILES string of the molecule is O=C(N[C@@H](Cc1ccccc1)C(=O)O)c1csnn1. The fourth-order valence-corrected chi connectivity index (χ4v) is 1.98. The summed E-state index contributed by atoms with van der Waals surface area (Å²) in [5.41, 5.74) is 0.968. The summed E-state index contributed by atoms with van der Waals surface area (Å²) in [6.07, 6.45) is 0.222. The number of aliphatic carboxylic acids is 1. The van der Waals surface area contributed by atoms with E-state index in [0.717, 1.165) is 17.1 Å². The Morgan fingerprint density at radius 2 is 2.05 bits per heavy atom. The molecule has 2 N–H and O–H groups in total. The minimum atomic E-state index is -1.08. The van der Waals surface area contributed by atoms with Gasteiger partial charge >= 0.3 is 5.97 Å². The Morgan fingerprint density at radius 3 is 2.63 bits per heavy atom. The maximum absolute atomic E-state index is 11.7. The monoisotopic (exact) mass is 277 g/mol. The first-order valence-corrected chi connectivity index (χ1v) is 6.35. The third-order valence-corrected chi connectivity index (χ3v) is 2.98. The van der Waals surface area contributed by atoms with Crippen LogP contribution in [0.5, 0.6) is 0 Å². The first-order valence-electron chi connectivity index (χ1n) is 5.51. The van der Waals surface area contributed by atoms with Crippen molar-refractivity contribution in [2.24, 2.45) is 0 Å². The molecule has 0 bridgehead atoms. The Labute approximate surface area is 113 Å². The molecule has 0 saturated carbocycles. The number of carboxylic acids is 1. The Morgan fingerprint density at radius 1 is 1.32 bits per heavy atom. The highest BCUT2D eigenvalue weighted by molar-refractivity contribution is 7.03. The molecule has 19 heavy (non-hydrogen) atoms. The molecule has 0 aliphatic carbocycles. The molecule has 0 spiro atoms. The van der Waals surface area contributed by atoms with Gasteiger partial charge in [-0.25, -0.2) is 4.79 Å². The van der Waals surface area contributed by atoms with E-state index in [1.165, 1.54) is 5.38 Å². The highest BCUT2D eigenvalue weighted by atomic mass is 32.1. The highest BCUT2D eigenvalue weighted by Gasteiger charge is 2.22. The summed E-state index contributed by atoms with van der Waals surface area (Å²) >= 11 is 1.04. The van der Waals surface area contributed by atoms with Crippen LogP contribution in [0.25, 0.3) is 0 Å². The maximum Gasteiger partial charge on any atom is 0.326 e. The number of carboxylic acid groups (broad SMARTS) is 1. The highest BCUT2D eigenvalue weighted by Crippen LogP contribution is 2.05. The Hall–Kier alpha value is -2.28. The predicted octanol–water partition coefficient (Wildman–Crippen LogP) is 0.964. The average Bonchev–Trinajstić information content (AvgIpc) is 2.93. The van der Waals surface area contributed by atoms with E-state index >= 15 is 0 Å². The summed E-state index contributed by atoms with van der Waals surface area (Å²) in [5.74, 6) is -1.61. The van der Waals surface area contributed by atoms with Gasteiger partial charge in [0.2, 0.25) is 0 Å². The standard InChI is InChI=1S/C12H11N3O3S/c16-11(10-7-19-15-14-10)13-9(12(17)18)6-8-4-2-1-3-5-8/h1-5,7,9H,6H2,(H,13,16)(H,17,18)/t9-/m0/s1. The first-order chi connectivity index (χ1) is 9.16. The molecular weight excluding hydrogens is 266 g/mol. The Bertz CT molecular complexity index is 557. The zero-order valence-electron chi connectivity index (χ0n) is 9.81. The molecule has 0 aliphatic rings. The zero-order valence-corrected chi connectivity index (χ0v) is 10.6. The maximum atomic E-state index is 11.7. The van der Waals surface area contributed by atoms with Crippen LogP contribution in [0.15, 0.2) is 35.7 Å². The molecule has 0 aliphatic heterocycles. The second-order valence-electron chi connectivity index (χ2n) is 3.84. The second kappa shape index (κ2) is 6.05. The van der Waals surface area contributed by atoms with E-state index in [1.54, 1.807) is 0 Å². The molecule has 1 aromatic heterocycles. The van der Waals surface area contributed by atoms with Gasteiger partial charge in [-0.3, -0.25) is 4.79 Å². The number of rotatable bonds is 5. The lowest BCUT2D eigenvalue weighted by molar-refractivity contribution is -0.139. The number of amides is 1. The van der Waals surface area contributed by atoms with Crippen LogP contribution in [0.2, 0.25) is 0 Å². The van der Waals surface area contributed by atoms with Crippen LogP contribution in [-0.2, 0) is 11.2 Å². The fraction of sp³-hybridized carbons (Fsp3) is 0.167. The largest absolute Gasteiger partial charge is 0.480 e. The molecular formula is C12H11N3O3S. The van der Waals surface area contributed by atoms with Crippen LogP contribution in [0.3, 0.4) is 0 Å². The van der Waals surface area contributed by atoms with Crippen molar-refractivity contribution in [1.82, 2.24) is 14.9 Å². The molecule has 0 saturated heterocycles. The molecule has 1 aromatic carbocycles. The quantitative estimate of drug-likeness (QED) is 0.849. The molecule has 0 radical (unpaired) electrons. The van der Waals surface area contributed by atoms with Gasteiger partial charge in [0.05, 0.1) is 0 Å². The third-order valence-electron chi connectivity index (χ3n) is 2.48. The lowest BCUT2D eigenvalue weighted by atomic mass is 10.1. The second-order valence-corrected chi connectivity index (χ2v) is 4.45. The van der Waals surface area contributed by atoms with E-state index in [0.29, 0.717) is 0 Å². The van der Waals surface area contributed by atoms with Crippen molar-refractivity contribution in [2.45, 2.75) is 12.5 Å². The van der Waals surface area contributed by atoms with E-state index < -0.39 is 17.9 Å². The van der Waals surface area contributed by atoms with Crippen LogP contribution in [0.1, 0.15) is 16.1 Å². The zero-order chi connectivity index (χ0) is 13.7. The molecule has 2 rings (SSSR count). The van der Waals surface area contributed by atoms with Crippen LogP contribution in [0.4, 0.5) is 0 Å². The van der Waals surface area contributed by atoms with Gasteiger partial charge in [-0.1, -0.05) is 34.8 Å². The smallest absolute Gasteiger partial charge is 0.326 e. The lowest BCUT2D eigenvalue weighted by Gasteiger charge is -2.13. The van der Waals surface area contributed by atoms with Crippen molar-refractivity contribution in [3.05, 3.63) is 47.0 Å². The van der Waals surface area contributed by atoms with Crippen molar-refractivity contribution >= 4 is 23.4 Å². The van der Waals surface area contributed by atoms with Gasteiger partial charge in [0, 0.05) is 11.8 Å². The van der Waals surface area contributed by atoms with Crippen LogP contribution >= 0.6 is 11.5 Å². The molecule has 1 atom stereocenters. The third kappa shape index (κ3) is 3.59. The van der Waals surface area contributed by atoms with Crippen molar-refractivity contribution in [3.63, 3.8) is 0 Å². The minimum absolute atomic E-state index is 0.129. The number of carbonyl (C=O) groups excluding carboxylic acids is 1. The molecule has 6 nitrogen and oxygen atoms in total. The number of benzene rings is 1. The summed E-state index contributed by atoms with van der Waals surface area (Å²) in [7, 11) is 0. The normalized spacial score (nSPS) is 11.8. The minimum Gasteiger partial charge on any atom is -0.480 e. The number of hydrogen-bond acceptors (Lipinski definition) is 5. The van der Waals surface area contributed by atoms with Crippen LogP contribution in [-0.4, -0.2) is 32.6 Å². The Balaban J connectivity index is 2.05. The van der Waals surface area contributed by atoms with E-state index in [4.69, 9.17) is 5.11 Å². The van der Waals surface area contributed by atoms with E-state index in [2.05, 4.69) is 14.9 Å². The topological polar surface area (TPSA) is 92.2 Å². The van der Waals surface area contributed by atoms with Gasteiger partial charge in [-0.2, -0.15) is 0 Å². The van der Waals surface area contributed by atoms with Gasteiger partial charge in [-0.15, -0.1) is 5.10 Å². The number of nitrogens with one attached hydrogen (secondary N) is 1. The number of carbonyl (C=O) groups is 2. The van der Waals surface area contributed by atoms with Crippen LogP contribution < -0.4 is 5.32 Å². The van der Waals surface area contributed by atoms with Crippen molar-refractivity contribution in [2.75, 3.05) is 0 Å². The molecule has 1 heterocycles. The number of hydrogen-bond donors (Lipinski definition) is 2. The summed E-state index contributed by atoms with van der Waals surface area (Å²) in [4.78, 5) is 22.9. The average molecular weight is 277 g/mol. The van der Waals surface area contributed by atoms with Gasteiger partial charge in [-0.05, 0) is 17.1 Å². The number of aromatic nitrogens is 2. The summed E-state index contributed by atoms with van der Waals surface area (Å²) in [6, 6.07) is 8.12. The van der Waals surface area contributed by atoms with Crippen molar-refractivity contribution < 1.29 is 14.7 Å². The molecule has 0 unspecified atom stereocenters. The Kier molecular flexibility index (Phi) is 4.19. The van der Waals surface area contributed by atoms with E-state index in [1.807, 2.05) is 30.3 Å². The summed E-state index contributed by atoms with van der Waals surface area (Å²) in [5, 5.41) is 16.6. The molecule has 0 fully saturated rings. The van der Waals surface area contributed by atoms with Gasteiger partial charge < -0.3 is 10.4 Å². The molecule has 98 valence electrons. The summed E-state index contributed by atoms with van der Waals surface area (Å²) in [6.45, 7) is 0. The van der Waals surface area contributed by atoms with Gasteiger partial charge in [0.15, 0.2) is 5.69 Å². The summed E-state index contributed by atoms with van der Waals surface area (Å²) < 4.78 is 3.56. The molecule has 7 heteroatoms. The van der Waals surface area contributed by atoms with Crippen molar-refractivity contribution in [1.29, 1.82) is 0 Å². The first kappa shape index (κ1) is 13.2. The van der Waals surface area contributed by atoms with Gasteiger partial charge in [0.1, 0.15) is 6.04 Å². The van der Waals surface area contributed by atoms with Crippen LogP contribution in [0, 0.1) is 0 Å². The van der Waals surface area contributed by atoms with Gasteiger partial charge in [0.25, 0.3) is 5.91 Å². The molecule has 1 amide bonds. The number of nitrogens with zero attached hydrogens (tertiary/aromatic N) is 2.